The zero-order valence-corrected chi connectivity index (χ0v) is 15.8. The summed E-state index contributed by atoms with van der Waals surface area (Å²) < 4.78 is 43.9. The van der Waals surface area contributed by atoms with Gasteiger partial charge in [-0.05, 0) is 39.0 Å². The van der Waals surface area contributed by atoms with Crippen molar-refractivity contribution < 1.29 is 22.7 Å². The Balaban J connectivity index is 2.20. The molecule has 0 radical (unpaired) electrons. The summed E-state index contributed by atoms with van der Waals surface area (Å²) in [6, 6.07) is 5.34. The maximum absolute atomic E-state index is 12.8. The Labute approximate surface area is 164 Å². The van der Waals surface area contributed by atoms with Gasteiger partial charge in [-0.25, -0.2) is 0 Å². The minimum Gasteiger partial charge on any atom is -0.474 e. The topological polar surface area (TPSA) is 126 Å². The van der Waals surface area contributed by atoms with E-state index in [0.29, 0.717) is 0 Å². The van der Waals surface area contributed by atoms with Crippen LogP contribution in [0.5, 0.6) is 5.88 Å². The number of anilines is 3. The summed E-state index contributed by atoms with van der Waals surface area (Å²) in [5, 5.41) is 14.5. The molecule has 29 heavy (non-hydrogen) atoms. The molecular weight excluding hydrogens is 389 g/mol. The predicted molar refractivity (Wildman–Crippen MR) is 100 cm³/mol. The Morgan fingerprint density at radius 2 is 1.97 bits per heavy atom. The van der Waals surface area contributed by atoms with Crippen molar-refractivity contribution in [2.75, 3.05) is 16.4 Å². The molecule has 1 aromatic heterocycles. The number of aromatic nitrogens is 2. The van der Waals surface area contributed by atoms with Crippen LogP contribution in [0.1, 0.15) is 31.9 Å². The first-order valence-electron chi connectivity index (χ1n) is 8.50. The molecule has 0 aliphatic rings. The molecule has 0 aliphatic carbocycles. The van der Waals surface area contributed by atoms with E-state index in [4.69, 9.17) is 10.5 Å². The summed E-state index contributed by atoms with van der Waals surface area (Å²) in [4.78, 5) is 20.2. The maximum atomic E-state index is 12.8. The monoisotopic (exact) mass is 408 g/mol. The number of nitrogen functional groups attached to an aromatic ring is 1. The van der Waals surface area contributed by atoms with E-state index in [1.807, 2.05) is 6.07 Å². The Hall–Kier alpha value is -3.55. The van der Waals surface area contributed by atoms with Crippen LogP contribution < -0.4 is 21.1 Å². The molecule has 0 fully saturated rings. The predicted octanol–water partition coefficient (Wildman–Crippen LogP) is 3.18. The summed E-state index contributed by atoms with van der Waals surface area (Å²) >= 11 is 0. The van der Waals surface area contributed by atoms with Gasteiger partial charge in [0.1, 0.15) is 12.1 Å². The molecule has 0 saturated carbocycles. The molecule has 2 aromatic rings. The number of nitrogens with two attached hydrogens (primary N) is 1. The van der Waals surface area contributed by atoms with Crippen LogP contribution in [0.4, 0.5) is 30.6 Å². The molecule has 1 heterocycles. The van der Waals surface area contributed by atoms with E-state index < -0.39 is 23.7 Å². The number of carbonyl (C=O) groups excluding carboxylic acids is 1. The lowest BCUT2D eigenvalue weighted by molar-refractivity contribution is -0.137. The van der Waals surface area contributed by atoms with Crippen LogP contribution >= 0.6 is 0 Å². The largest absolute Gasteiger partial charge is 0.474 e. The summed E-state index contributed by atoms with van der Waals surface area (Å²) in [6.07, 6.45) is -4.81. The van der Waals surface area contributed by atoms with Gasteiger partial charge in [-0.3, -0.25) is 4.79 Å². The van der Waals surface area contributed by atoms with Crippen molar-refractivity contribution in [1.82, 2.24) is 9.97 Å². The van der Waals surface area contributed by atoms with Crippen molar-refractivity contribution >= 4 is 23.4 Å². The van der Waals surface area contributed by atoms with Crippen molar-refractivity contribution in [2.45, 2.75) is 39.1 Å². The second-order valence-electron chi connectivity index (χ2n) is 6.32. The summed E-state index contributed by atoms with van der Waals surface area (Å²) in [7, 11) is 0. The third-order valence-electron chi connectivity index (χ3n) is 3.56. The zero-order chi connectivity index (χ0) is 21.8. The highest BCUT2D eigenvalue weighted by molar-refractivity contribution is 5.96. The quantitative estimate of drug-likeness (QED) is 0.670. The first kappa shape index (κ1) is 21.7. The van der Waals surface area contributed by atoms with Crippen molar-refractivity contribution in [3.63, 3.8) is 0 Å². The molecule has 0 aliphatic heterocycles. The van der Waals surface area contributed by atoms with E-state index in [-0.39, 0.29) is 35.0 Å². The number of nitrogens with one attached hydrogen (secondary N) is 2. The molecule has 0 spiro atoms. The number of halogens is 3. The summed E-state index contributed by atoms with van der Waals surface area (Å²) in [5.41, 5.74) is 4.75. The summed E-state index contributed by atoms with van der Waals surface area (Å²) in [6.45, 7) is 4.88. The van der Waals surface area contributed by atoms with Gasteiger partial charge in [0, 0.05) is 5.69 Å². The smallest absolute Gasteiger partial charge is 0.416 e. The molecule has 11 heteroatoms. The highest BCUT2D eigenvalue weighted by Crippen LogP contribution is 2.31. The molecule has 1 amide bonds. The van der Waals surface area contributed by atoms with Gasteiger partial charge in [-0.15, -0.1) is 0 Å². The van der Waals surface area contributed by atoms with E-state index >= 15 is 0 Å². The average molecular weight is 408 g/mol. The third kappa shape index (κ3) is 5.71. The standard InChI is InChI=1S/C18H19F3N6O2/c1-9(2)29-16-13(8-22)14(26-17(23)27-16)25-15(28)10(3)24-12-6-4-5-11(7-12)18(19,20)21/h4-7,9-10,24H,1-3H3,(H3,23,25,26,27,28)/t10-/m0/s1. The van der Waals surface area contributed by atoms with Crippen LogP contribution in [0.3, 0.4) is 0 Å². The van der Waals surface area contributed by atoms with Crippen LogP contribution in [0.25, 0.3) is 0 Å². The van der Waals surface area contributed by atoms with Gasteiger partial charge < -0.3 is 21.1 Å². The number of carbonyl (C=O) groups is 1. The first-order valence-corrected chi connectivity index (χ1v) is 8.50. The van der Waals surface area contributed by atoms with Gasteiger partial charge in [-0.1, -0.05) is 6.07 Å². The lowest BCUT2D eigenvalue weighted by atomic mass is 10.2. The van der Waals surface area contributed by atoms with Gasteiger partial charge in [0.05, 0.1) is 11.7 Å². The molecule has 0 saturated heterocycles. The summed E-state index contributed by atoms with van der Waals surface area (Å²) in [5.74, 6) is -1.09. The van der Waals surface area contributed by atoms with Crippen LogP contribution in [0.2, 0.25) is 0 Å². The van der Waals surface area contributed by atoms with Gasteiger partial charge in [0.15, 0.2) is 11.4 Å². The van der Waals surface area contributed by atoms with Crippen LogP contribution in [-0.2, 0) is 11.0 Å². The lowest BCUT2D eigenvalue weighted by Gasteiger charge is -2.17. The highest BCUT2D eigenvalue weighted by Gasteiger charge is 2.30. The molecular formula is C18H19F3N6O2. The van der Waals surface area contributed by atoms with E-state index in [9.17, 15) is 23.2 Å². The van der Waals surface area contributed by atoms with E-state index in [1.165, 1.54) is 19.1 Å². The minimum atomic E-state index is -4.50. The van der Waals surface area contributed by atoms with E-state index in [0.717, 1.165) is 12.1 Å². The van der Waals surface area contributed by atoms with Crippen LogP contribution in [0.15, 0.2) is 24.3 Å². The van der Waals surface area contributed by atoms with Crippen molar-refractivity contribution in [3.05, 3.63) is 35.4 Å². The van der Waals surface area contributed by atoms with E-state index in [1.54, 1.807) is 13.8 Å². The molecule has 8 nitrogen and oxygen atoms in total. The Kier molecular flexibility index (Phi) is 6.48. The minimum absolute atomic E-state index is 0.0798. The average Bonchev–Trinajstić information content (AvgIpc) is 2.60. The number of hydrogen-bond donors (Lipinski definition) is 3. The highest BCUT2D eigenvalue weighted by atomic mass is 19.4. The number of alkyl halides is 3. The number of nitriles is 1. The van der Waals surface area contributed by atoms with Crippen molar-refractivity contribution in [3.8, 4) is 11.9 Å². The Morgan fingerprint density at radius 1 is 1.28 bits per heavy atom. The number of ether oxygens (including phenoxy) is 1. The van der Waals surface area contributed by atoms with Gasteiger partial charge in [-0.2, -0.15) is 28.4 Å². The lowest BCUT2D eigenvalue weighted by Crippen LogP contribution is -2.32. The molecule has 4 N–H and O–H groups in total. The number of rotatable bonds is 6. The number of benzene rings is 1. The number of nitrogens with zero attached hydrogens (tertiary/aromatic N) is 3. The van der Waals surface area contributed by atoms with Gasteiger partial charge in [0.2, 0.25) is 17.7 Å². The number of hydrogen-bond acceptors (Lipinski definition) is 7. The second-order valence-corrected chi connectivity index (χ2v) is 6.32. The Bertz CT molecular complexity index is 940. The molecule has 154 valence electrons. The van der Waals surface area contributed by atoms with Crippen LogP contribution in [0, 0.1) is 11.3 Å². The maximum Gasteiger partial charge on any atom is 0.416 e. The SMILES string of the molecule is CC(C)Oc1nc(N)nc(NC(=O)[C@H](C)Nc2cccc(C(F)(F)F)c2)c1C#N. The van der Waals surface area contributed by atoms with Gasteiger partial charge >= 0.3 is 6.18 Å². The molecule has 0 bridgehead atoms. The number of amides is 1. The van der Waals surface area contributed by atoms with E-state index in [2.05, 4.69) is 20.6 Å². The molecule has 2 rings (SSSR count). The van der Waals surface area contributed by atoms with Crippen LogP contribution in [-0.4, -0.2) is 28.0 Å². The zero-order valence-electron chi connectivity index (χ0n) is 15.8. The fourth-order valence-corrected chi connectivity index (χ4v) is 2.28. The molecule has 0 unspecified atom stereocenters. The third-order valence-corrected chi connectivity index (χ3v) is 3.56. The molecule has 1 atom stereocenters. The fourth-order valence-electron chi connectivity index (χ4n) is 2.28. The van der Waals surface area contributed by atoms with Crippen molar-refractivity contribution in [1.29, 1.82) is 5.26 Å². The molecule has 1 aromatic carbocycles. The second kappa shape index (κ2) is 8.64. The fraction of sp³-hybridized carbons (Fsp3) is 0.333. The first-order chi connectivity index (χ1) is 13.5. The normalized spacial score (nSPS) is 12.2. The Morgan fingerprint density at radius 3 is 2.55 bits per heavy atom. The van der Waals surface area contributed by atoms with Crippen molar-refractivity contribution in [2.24, 2.45) is 0 Å². The van der Waals surface area contributed by atoms with Gasteiger partial charge in [0.25, 0.3) is 0 Å².